The van der Waals surface area contributed by atoms with E-state index >= 15 is 0 Å². The van der Waals surface area contributed by atoms with Gasteiger partial charge in [-0.25, -0.2) is 13.3 Å². The zero-order valence-electron chi connectivity index (χ0n) is 17.6. The summed E-state index contributed by atoms with van der Waals surface area (Å²) in [7, 11) is -3.94. The average molecular weight is 518 g/mol. The number of hydrogen-bond acceptors (Lipinski definition) is 7. The number of aryl methyl sites for hydroxylation is 1. The van der Waals surface area contributed by atoms with E-state index < -0.39 is 21.8 Å². The molecule has 0 saturated carbocycles. The molecule has 1 aromatic heterocycles. The van der Waals surface area contributed by atoms with Crippen molar-refractivity contribution in [3.8, 4) is 0 Å². The van der Waals surface area contributed by atoms with Crippen LogP contribution < -0.4 is 14.9 Å². The molecule has 2 amide bonds. The average Bonchev–Trinajstić information content (AvgIpc) is 3.04. The number of nitrogens with one attached hydrogen (secondary N) is 2. The SMILES string of the molecule is CCc1ccc(N2C(=O)C(Cl)=C(Nc3ccc(S(=O)(=O)Nc4ccc(Cl)nn4)cc3)C2=O)cc1. The van der Waals surface area contributed by atoms with E-state index in [0.29, 0.717) is 11.4 Å². The normalized spacial score (nSPS) is 14.0. The Morgan fingerprint density at radius 1 is 0.882 bits per heavy atom. The quantitative estimate of drug-likeness (QED) is 0.455. The fourth-order valence-corrected chi connectivity index (χ4v) is 4.47. The summed E-state index contributed by atoms with van der Waals surface area (Å²) < 4.78 is 27.4. The van der Waals surface area contributed by atoms with Crippen LogP contribution in [-0.4, -0.2) is 30.4 Å². The van der Waals surface area contributed by atoms with Crippen molar-refractivity contribution >= 4 is 62.2 Å². The highest BCUT2D eigenvalue weighted by Gasteiger charge is 2.38. The summed E-state index contributed by atoms with van der Waals surface area (Å²) >= 11 is 11.8. The molecule has 0 saturated heterocycles. The number of carbonyl (C=O) groups is 2. The summed E-state index contributed by atoms with van der Waals surface area (Å²) in [6, 6.07) is 15.3. The number of imide groups is 1. The van der Waals surface area contributed by atoms with Crippen molar-refractivity contribution in [3.63, 3.8) is 0 Å². The molecule has 0 atom stereocenters. The number of hydrogen-bond donors (Lipinski definition) is 2. The van der Waals surface area contributed by atoms with Crippen molar-refractivity contribution in [1.82, 2.24) is 10.2 Å². The van der Waals surface area contributed by atoms with Gasteiger partial charge >= 0.3 is 0 Å². The van der Waals surface area contributed by atoms with E-state index in [4.69, 9.17) is 23.2 Å². The zero-order valence-corrected chi connectivity index (χ0v) is 19.9. The van der Waals surface area contributed by atoms with Crippen LogP contribution in [0, 0.1) is 0 Å². The molecule has 0 bridgehead atoms. The van der Waals surface area contributed by atoms with Gasteiger partial charge in [0.05, 0.1) is 10.6 Å². The molecule has 4 rings (SSSR count). The zero-order chi connectivity index (χ0) is 24.5. The van der Waals surface area contributed by atoms with Gasteiger partial charge in [0.1, 0.15) is 10.7 Å². The smallest absolute Gasteiger partial charge is 0.283 e. The van der Waals surface area contributed by atoms with Gasteiger partial charge in [0, 0.05) is 5.69 Å². The first-order valence-corrected chi connectivity index (χ1v) is 12.2. The number of halogens is 2. The monoisotopic (exact) mass is 517 g/mol. The minimum atomic E-state index is -3.94. The fourth-order valence-electron chi connectivity index (χ4n) is 3.16. The Balaban J connectivity index is 1.50. The largest absolute Gasteiger partial charge is 0.350 e. The molecule has 0 spiro atoms. The summed E-state index contributed by atoms with van der Waals surface area (Å²) in [4.78, 5) is 26.5. The number of sulfonamides is 1. The van der Waals surface area contributed by atoms with Crippen LogP contribution >= 0.6 is 23.2 Å². The van der Waals surface area contributed by atoms with Gasteiger partial charge in [0.2, 0.25) is 0 Å². The van der Waals surface area contributed by atoms with Gasteiger partial charge in [-0.3, -0.25) is 14.3 Å². The molecule has 12 heteroatoms. The lowest BCUT2D eigenvalue weighted by Gasteiger charge is -2.15. The lowest BCUT2D eigenvalue weighted by molar-refractivity contribution is -0.120. The van der Waals surface area contributed by atoms with Gasteiger partial charge in [-0.15, -0.1) is 10.2 Å². The first kappa shape index (κ1) is 23.7. The van der Waals surface area contributed by atoms with Gasteiger partial charge in [-0.1, -0.05) is 42.3 Å². The van der Waals surface area contributed by atoms with Crippen LogP contribution in [0.1, 0.15) is 12.5 Å². The summed E-state index contributed by atoms with van der Waals surface area (Å²) in [5.74, 6) is -1.25. The third kappa shape index (κ3) is 4.74. The van der Waals surface area contributed by atoms with Crippen molar-refractivity contribution in [3.05, 3.63) is 82.1 Å². The summed E-state index contributed by atoms with van der Waals surface area (Å²) in [6.07, 6.45) is 0.822. The molecular formula is C22H17Cl2N5O4S. The Morgan fingerprint density at radius 2 is 1.56 bits per heavy atom. The number of rotatable bonds is 7. The third-order valence-corrected chi connectivity index (χ3v) is 6.86. The van der Waals surface area contributed by atoms with E-state index in [2.05, 4.69) is 20.2 Å². The van der Waals surface area contributed by atoms with Crippen molar-refractivity contribution < 1.29 is 18.0 Å². The maximum atomic E-state index is 12.9. The van der Waals surface area contributed by atoms with Gasteiger partial charge in [0.25, 0.3) is 21.8 Å². The minimum absolute atomic E-state index is 0.00524. The van der Waals surface area contributed by atoms with Gasteiger partial charge in [-0.05, 0) is 60.5 Å². The van der Waals surface area contributed by atoms with Crippen LogP contribution in [0.2, 0.25) is 5.15 Å². The molecule has 3 aromatic rings. The van der Waals surface area contributed by atoms with Crippen molar-refractivity contribution in [1.29, 1.82) is 0 Å². The molecule has 1 aliphatic rings. The number of carbonyl (C=O) groups excluding carboxylic acids is 2. The highest BCUT2D eigenvalue weighted by atomic mass is 35.5. The van der Waals surface area contributed by atoms with E-state index in [1.807, 2.05) is 19.1 Å². The Kier molecular flexibility index (Phi) is 6.56. The highest BCUT2D eigenvalue weighted by molar-refractivity contribution is 7.92. The van der Waals surface area contributed by atoms with E-state index in [1.54, 1.807) is 12.1 Å². The maximum absolute atomic E-state index is 12.9. The molecule has 2 aromatic carbocycles. The van der Waals surface area contributed by atoms with Crippen molar-refractivity contribution in [2.24, 2.45) is 0 Å². The van der Waals surface area contributed by atoms with Crippen molar-refractivity contribution in [2.45, 2.75) is 18.2 Å². The Labute approximate surface area is 205 Å². The number of amides is 2. The van der Waals surface area contributed by atoms with Crippen molar-refractivity contribution in [2.75, 3.05) is 14.9 Å². The van der Waals surface area contributed by atoms with Crippen LogP contribution in [0.4, 0.5) is 17.2 Å². The predicted octanol–water partition coefficient (Wildman–Crippen LogP) is 3.93. The summed E-state index contributed by atoms with van der Waals surface area (Å²) in [5.41, 5.74) is 1.73. The Morgan fingerprint density at radius 3 is 2.15 bits per heavy atom. The Bertz CT molecular complexity index is 1390. The van der Waals surface area contributed by atoms with Crippen LogP contribution in [-0.2, 0) is 26.0 Å². The van der Waals surface area contributed by atoms with E-state index in [1.165, 1.54) is 36.4 Å². The van der Waals surface area contributed by atoms with Crippen LogP contribution in [0.25, 0.3) is 0 Å². The lowest BCUT2D eigenvalue weighted by Crippen LogP contribution is -2.32. The topological polar surface area (TPSA) is 121 Å². The minimum Gasteiger partial charge on any atom is -0.350 e. The highest BCUT2D eigenvalue weighted by Crippen LogP contribution is 2.30. The van der Waals surface area contributed by atoms with E-state index in [9.17, 15) is 18.0 Å². The molecule has 0 aliphatic carbocycles. The molecule has 0 fully saturated rings. The fraction of sp³-hybridized carbons (Fsp3) is 0.0909. The first-order chi connectivity index (χ1) is 16.2. The third-order valence-electron chi connectivity index (χ3n) is 4.93. The molecule has 1 aliphatic heterocycles. The molecule has 34 heavy (non-hydrogen) atoms. The molecule has 0 radical (unpaired) electrons. The summed E-state index contributed by atoms with van der Waals surface area (Å²) in [6.45, 7) is 2.00. The second kappa shape index (κ2) is 9.41. The predicted molar refractivity (Wildman–Crippen MR) is 129 cm³/mol. The second-order valence-corrected chi connectivity index (χ2v) is 9.60. The molecule has 2 heterocycles. The molecule has 174 valence electrons. The number of anilines is 3. The number of benzene rings is 2. The molecular weight excluding hydrogens is 501 g/mol. The van der Waals surface area contributed by atoms with Crippen LogP contribution in [0.3, 0.4) is 0 Å². The summed E-state index contributed by atoms with van der Waals surface area (Å²) in [5, 5.41) is 9.92. The van der Waals surface area contributed by atoms with E-state index in [0.717, 1.165) is 16.9 Å². The Hall–Kier alpha value is -3.47. The first-order valence-electron chi connectivity index (χ1n) is 9.96. The molecule has 2 N–H and O–H groups in total. The second-order valence-electron chi connectivity index (χ2n) is 7.15. The van der Waals surface area contributed by atoms with Crippen LogP contribution in [0.5, 0.6) is 0 Å². The standard InChI is InChI=1S/C22H17Cl2N5O4S/c1-2-13-3-7-15(8-4-13)29-21(30)19(24)20(22(29)31)25-14-5-9-16(10-6-14)34(32,33)28-18-12-11-17(23)26-27-18/h3-12,25H,2H2,1H3,(H,27,28). The van der Waals surface area contributed by atoms with Gasteiger partial charge in [-0.2, -0.15) is 0 Å². The van der Waals surface area contributed by atoms with E-state index in [-0.39, 0.29) is 26.6 Å². The lowest BCUT2D eigenvalue weighted by atomic mass is 10.1. The maximum Gasteiger partial charge on any atom is 0.283 e. The van der Waals surface area contributed by atoms with Gasteiger partial charge < -0.3 is 5.32 Å². The molecule has 9 nitrogen and oxygen atoms in total. The number of aromatic nitrogens is 2. The van der Waals surface area contributed by atoms with Crippen LogP contribution in [0.15, 0.2) is 76.3 Å². The van der Waals surface area contributed by atoms with Gasteiger partial charge in [0.15, 0.2) is 11.0 Å². The number of nitrogens with zero attached hydrogens (tertiary/aromatic N) is 3. The molecule has 0 unspecified atom stereocenters.